The number of nitrogens with one attached hydrogen (secondary N) is 1. The van der Waals surface area contributed by atoms with E-state index in [4.69, 9.17) is 21.1 Å². The van der Waals surface area contributed by atoms with Gasteiger partial charge in [0.1, 0.15) is 5.15 Å². The molecule has 6 heteroatoms. The average Bonchev–Trinajstić information content (AvgIpc) is 2.59. The van der Waals surface area contributed by atoms with Crippen LogP contribution in [0, 0.1) is 5.92 Å². The highest BCUT2D eigenvalue weighted by Crippen LogP contribution is 2.16. The largest absolute Gasteiger partial charge is 0.481 e. The monoisotopic (exact) mass is 356 g/mol. The van der Waals surface area contributed by atoms with Crippen molar-refractivity contribution in [1.29, 1.82) is 0 Å². The van der Waals surface area contributed by atoms with E-state index in [9.17, 15) is 4.79 Å². The number of hydrogen-bond donors (Lipinski definition) is 1. The topological polar surface area (TPSA) is 60.5 Å². The van der Waals surface area contributed by atoms with Gasteiger partial charge in [0.2, 0.25) is 5.88 Å². The number of hydrogen-bond acceptors (Lipinski definition) is 4. The Hall–Kier alpha value is -1.33. The van der Waals surface area contributed by atoms with Gasteiger partial charge in [-0.25, -0.2) is 4.98 Å². The van der Waals surface area contributed by atoms with Crippen molar-refractivity contribution < 1.29 is 14.3 Å². The summed E-state index contributed by atoms with van der Waals surface area (Å²) in [5.74, 6) is 0.784. The predicted octanol–water partition coefficient (Wildman–Crippen LogP) is 4.10. The minimum absolute atomic E-state index is 0.188. The van der Waals surface area contributed by atoms with Gasteiger partial charge in [-0.3, -0.25) is 4.79 Å². The Morgan fingerprint density at radius 1 is 1.33 bits per heavy atom. The van der Waals surface area contributed by atoms with Crippen LogP contribution in [0.4, 0.5) is 0 Å². The van der Waals surface area contributed by atoms with E-state index in [-0.39, 0.29) is 11.1 Å². The molecule has 0 aliphatic carbocycles. The van der Waals surface area contributed by atoms with Gasteiger partial charge in [0.05, 0.1) is 7.11 Å². The molecule has 1 unspecified atom stereocenters. The number of unbranched alkanes of at least 4 members (excludes halogenated alkanes) is 1. The lowest BCUT2D eigenvalue weighted by molar-refractivity contribution is 0.0875. The fourth-order valence-corrected chi connectivity index (χ4v) is 2.54. The first-order valence-corrected chi connectivity index (χ1v) is 9.06. The number of methoxy groups -OCH3 is 1. The molecule has 1 aromatic rings. The Morgan fingerprint density at radius 2 is 2.12 bits per heavy atom. The van der Waals surface area contributed by atoms with Crippen LogP contribution in [-0.2, 0) is 4.74 Å². The molecule has 5 nitrogen and oxygen atoms in total. The van der Waals surface area contributed by atoms with Crippen LogP contribution in [0.2, 0.25) is 5.15 Å². The maximum atomic E-state index is 12.1. The minimum Gasteiger partial charge on any atom is -0.481 e. The third-order valence-electron chi connectivity index (χ3n) is 3.89. The van der Waals surface area contributed by atoms with Crippen molar-refractivity contribution in [2.24, 2.45) is 5.92 Å². The van der Waals surface area contributed by atoms with Gasteiger partial charge < -0.3 is 14.8 Å². The summed E-state index contributed by atoms with van der Waals surface area (Å²) in [4.78, 5) is 16.0. The summed E-state index contributed by atoms with van der Waals surface area (Å²) in [7, 11) is 1.49. The standard InChI is InChI=1S/C18H29ClN2O3/c1-4-6-8-14(5-2)13-24-10-7-9-20-18(22)15-11-16(19)21-17(12-15)23-3/h11-12,14H,4-10,13H2,1-3H3,(H,20,22). The van der Waals surface area contributed by atoms with E-state index >= 15 is 0 Å². The maximum absolute atomic E-state index is 12.1. The Bertz CT molecular complexity index is 497. The predicted molar refractivity (Wildman–Crippen MR) is 96.9 cm³/mol. The van der Waals surface area contributed by atoms with Gasteiger partial charge in [-0.05, 0) is 24.8 Å². The van der Waals surface area contributed by atoms with Crippen molar-refractivity contribution in [2.45, 2.75) is 46.0 Å². The van der Waals surface area contributed by atoms with Crippen molar-refractivity contribution >= 4 is 17.5 Å². The van der Waals surface area contributed by atoms with E-state index in [1.54, 1.807) is 6.07 Å². The van der Waals surface area contributed by atoms with Crippen LogP contribution in [0.1, 0.15) is 56.3 Å². The van der Waals surface area contributed by atoms with Gasteiger partial charge in [0.25, 0.3) is 5.91 Å². The molecule has 0 aromatic carbocycles. The van der Waals surface area contributed by atoms with Gasteiger partial charge in [-0.2, -0.15) is 0 Å². The fourth-order valence-electron chi connectivity index (χ4n) is 2.33. The van der Waals surface area contributed by atoms with Crippen LogP contribution in [0.25, 0.3) is 0 Å². The average molecular weight is 357 g/mol. The summed E-state index contributed by atoms with van der Waals surface area (Å²) < 4.78 is 10.7. The molecule has 136 valence electrons. The summed E-state index contributed by atoms with van der Waals surface area (Å²) >= 11 is 5.86. The SMILES string of the molecule is CCCCC(CC)COCCCNC(=O)c1cc(Cl)nc(OC)c1. The molecule has 0 aliphatic rings. The molecule has 0 fully saturated rings. The van der Waals surface area contributed by atoms with E-state index < -0.39 is 0 Å². The number of aromatic nitrogens is 1. The molecule has 1 rings (SSSR count). The van der Waals surface area contributed by atoms with E-state index in [0.29, 0.717) is 30.5 Å². The Labute approximate surface area is 150 Å². The van der Waals surface area contributed by atoms with Gasteiger partial charge in [0, 0.05) is 31.4 Å². The summed E-state index contributed by atoms with van der Waals surface area (Å²) in [5.41, 5.74) is 0.443. The highest BCUT2D eigenvalue weighted by atomic mass is 35.5. The second-order valence-corrected chi connectivity index (χ2v) is 6.21. The van der Waals surface area contributed by atoms with E-state index in [2.05, 4.69) is 24.1 Å². The third kappa shape index (κ3) is 7.97. The molecule has 1 heterocycles. The van der Waals surface area contributed by atoms with Crippen molar-refractivity contribution in [3.63, 3.8) is 0 Å². The summed E-state index contributed by atoms with van der Waals surface area (Å²) in [6, 6.07) is 3.09. The number of carbonyl (C=O) groups is 1. The normalized spacial score (nSPS) is 12.0. The zero-order valence-corrected chi connectivity index (χ0v) is 15.7. The molecule has 0 spiro atoms. The van der Waals surface area contributed by atoms with Crippen LogP contribution < -0.4 is 10.1 Å². The van der Waals surface area contributed by atoms with E-state index in [0.717, 1.165) is 19.4 Å². The molecule has 0 saturated carbocycles. The highest BCUT2D eigenvalue weighted by Gasteiger charge is 2.09. The molecule has 0 radical (unpaired) electrons. The summed E-state index contributed by atoms with van der Waals surface area (Å²) in [6.07, 6.45) is 5.66. The summed E-state index contributed by atoms with van der Waals surface area (Å²) in [5, 5.41) is 3.09. The Kier molecular flexibility index (Phi) is 10.4. The molecule has 0 aliphatic heterocycles. The molecule has 24 heavy (non-hydrogen) atoms. The molecule has 0 bridgehead atoms. The zero-order valence-electron chi connectivity index (χ0n) is 14.9. The first-order chi connectivity index (χ1) is 11.6. The van der Waals surface area contributed by atoms with Gasteiger partial charge in [-0.1, -0.05) is 44.7 Å². The number of ether oxygens (including phenoxy) is 2. The smallest absolute Gasteiger partial charge is 0.251 e. The number of carbonyl (C=O) groups excluding carboxylic acids is 1. The van der Waals surface area contributed by atoms with Gasteiger partial charge >= 0.3 is 0 Å². The fraction of sp³-hybridized carbons (Fsp3) is 0.667. The molecule has 0 saturated heterocycles. The van der Waals surface area contributed by atoms with E-state index in [1.165, 1.54) is 32.4 Å². The van der Waals surface area contributed by atoms with Crippen molar-refractivity contribution in [3.05, 3.63) is 22.8 Å². The number of nitrogens with zero attached hydrogens (tertiary/aromatic N) is 1. The summed E-state index contributed by atoms with van der Waals surface area (Å²) in [6.45, 7) is 6.44. The maximum Gasteiger partial charge on any atom is 0.251 e. The zero-order chi connectivity index (χ0) is 17.8. The quantitative estimate of drug-likeness (QED) is 0.452. The lowest BCUT2D eigenvalue weighted by Gasteiger charge is -2.14. The number of rotatable bonds is 12. The highest BCUT2D eigenvalue weighted by molar-refractivity contribution is 6.29. The first-order valence-electron chi connectivity index (χ1n) is 8.68. The molecule has 1 atom stereocenters. The van der Waals surface area contributed by atoms with Crippen molar-refractivity contribution in [3.8, 4) is 5.88 Å². The van der Waals surface area contributed by atoms with Gasteiger partial charge in [0.15, 0.2) is 0 Å². The molecule has 1 aromatic heterocycles. The number of amides is 1. The van der Waals surface area contributed by atoms with Crippen molar-refractivity contribution in [1.82, 2.24) is 10.3 Å². The Morgan fingerprint density at radius 3 is 2.79 bits per heavy atom. The lowest BCUT2D eigenvalue weighted by Crippen LogP contribution is -2.25. The molecule has 1 N–H and O–H groups in total. The van der Waals surface area contributed by atoms with E-state index in [1.807, 2.05) is 0 Å². The van der Waals surface area contributed by atoms with Crippen LogP contribution in [-0.4, -0.2) is 37.8 Å². The van der Waals surface area contributed by atoms with Crippen molar-refractivity contribution in [2.75, 3.05) is 26.9 Å². The number of halogens is 1. The lowest BCUT2D eigenvalue weighted by atomic mass is 10.0. The van der Waals surface area contributed by atoms with Gasteiger partial charge in [-0.15, -0.1) is 0 Å². The van der Waals surface area contributed by atoms with Crippen LogP contribution in [0.3, 0.4) is 0 Å². The molecule has 1 amide bonds. The third-order valence-corrected chi connectivity index (χ3v) is 4.08. The van der Waals surface area contributed by atoms with Crippen LogP contribution in [0.15, 0.2) is 12.1 Å². The minimum atomic E-state index is -0.188. The Balaban J connectivity index is 2.23. The molecular weight excluding hydrogens is 328 g/mol. The van der Waals surface area contributed by atoms with Crippen LogP contribution in [0.5, 0.6) is 5.88 Å². The molecular formula is C18H29ClN2O3. The first kappa shape index (κ1) is 20.7. The second-order valence-electron chi connectivity index (χ2n) is 5.82. The second kappa shape index (κ2) is 12.1. The number of pyridine rings is 1. The van der Waals surface area contributed by atoms with Crippen LogP contribution >= 0.6 is 11.6 Å².